The molecule has 0 aromatic heterocycles. The van der Waals surface area contributed by atoms with Gasteiger partial charge in [0, 0.05) is 38.3 Å². The molecule has 20 heavy (non-hydrogen) atoms. The Labute approximate surface area is 128 Å². The van der Waals surface area contributed by atoms with Gasteiger partial charge in [0.25, 0.3) is 0 Å². The Morgan fingerprint density at radius 3 is 2.20 bits per heavy atom. The number of nitrogens with zero attached hydrogens (tertiary/aromatic N) is 1. The van der Waals surface area contributed by atoms with E-state index in [1.807, 2.05) is 24.3 Å². The van der Waals surface area contributed by atoms with E-state index in [0.29, 0.717) is 32.8 Å². The Kier molecular flexibility index (Phi) is 8.25. The fraction of sp³-hybridized carbons (Fsp3) is 0.500. The highest BCUT2D eigenvalue weighted by Gasteiger charge is 2.12. The molecule has 0 aliphatic carbocycles. The number of methoxy groups -OCH3 is 2. The van der Waals surface area contributed by atoms with Crippen LogP contribution < -0.4 is 5.32 Å². The summed E-state index contributed by atoms with van der Waals surface area (Å²) in [5.41, 5.74) is 1.06. The van der Waals surface area contributed by atoms with Gasteiger partial charge in [-0.25, -0.2) is 4.79 Å². The zero-order valence-corrected chi connectivity index (χ0v) is 13.5. The first-order valence-corrected chi connectivity index (χ1v) is 7.21. The van der Waals surface area contributed by atoms with E-state index in [-0.39, 0.29) is 6.03 Å². The highest BCUT2D eigenvalue weighted by Crippen LogP contribution is 2.10. The third-order valence-corrected chi connectivity index (χ3v) is 3.30. The van der Waals surface area contributed by atoms with Crippen molar-refractivity contribution in [1.29, 1.82) is 0 Å². The van der Waals surface area contributed by atoms with Crippen LogP contribution in [0.3, 0.4) is 0 Å². The van der Waals surface area contributed by atoms with E-state index in [0.717, 1.165) is 10.0 Å². The number of hydrogen-bond acceptors (Lipinski definition) is 3. The molecule has 6 heteroatoms. The molecule has 1 aromatic rings. The molecule has 0 bridgehead atoms. The Morgan fingerprint density at radius 2 is 1.70 bits per heavy atom. The molecular weight excluding hydrogens is 324 g/mol. The molecule has 2 amide bonds. The van der Waals surface area contributed by atoms with Crippen LogP contribution in [-0.4, -0.2) is 51.5 Å². The second-order valence-electron chi connectivity index (χ2n) is 4.26. The molecule has 0 atom stereocenters. The van der Waals surface area contributed by atoms with E-state index >= 15 is 0 Å². The summed E-state index contributed by atoms with van der Waals surface area (Å²) in [6.07, 6.45) is 0. The van der Waals surface area contributed by atoms with Crippen molar-refractivity contribution in [3.8, 4) is 0 Å². The maximum atomic E-state index is 12.1. The fourth-order valence-electron chi connectivity index (χ4n) is 1.61. The summed E-state index contributed by atoms with van der Waals surface area (Å²) in [6.45, 7) is 2.62. The highest BCUT2D eigenvalue weighted by molar-refractivity contribution is 9.10. The number of amides is 2. The summed E-state index contributed by atoms with van der Waals surface area (Å²) in [6, 6.07) is 7.74. The molecule has 1 N–H and O–H groups in total. The molecule has 0 radical (unpaired) electrons. The van der Waals surface area contributed by atoms with Crippen molar-refractivity contribution in [1.82, 2.24) is 10.2 Å². The fourth-order valence-corrected chi connectivity index (χ4v) is 1.87. The lowest BCUT2D eigenvalue weighted by Crippen LogP contribution is -2.43. The van der Waals surface area contributed by atoms with E-state index in [1.165, 1.54) is 0 Å². The van der Waals surface area contributed by atoms with E-state index in [2.05, 4.69) is 21.2 Å². The van der Waals surface area contributed by atoms with Crippen LogP contribution in [0, 0.1) is 0 Å². The number of ether oxygens (including phenoxy) is 2. The normalized spacial score (nSPS) is 10.3. The molecular formula is C14H21BrN2O3. The van der Waals surface area contributed by atoms with Crippen molar-refractivity contribution in [3.05, 3.63) is 34.3 Å². The van der Waals surface area contributed by atoms with Crippen LogP contribution in [0.2, 0.25) is 0 Å². The molecule has 0 saturated carbocycles. The zero-order valence-electron chi connectivity index (χ0n) is 11.9. The third-order valence-electron chi connectivity index (χ3n) is 2.77. The van der Waals surface area contributed by atoms with Gasteiger partial charge in [0.15, 0.2) is 0 Å². The number of urea groups is 1. The Hall–Kier alpha value is -1.11. The second kappa shape index (κ2) is 9.74. The van der Waals surface area contributed by atoms with Gasteiger partial charge in [-0.2, -0.15) is 0 Å². The zero-order chi connectivity index (χ0) is 14.8. The molecule has 0 saturated heterocycles. The SMILES string of the molecule is COCCN(CCOC)C(=O)NCc1ccc(Br)cc1. The first-order chi connectivity index (χ1) is 9.67. The summed E-state index contributed by atoms with van der Waals surface area (Å²) in [7, 11) is 3.24. The van der Waals surface area contributed by atoms with Crippen molar-refractivity contribution in [3.63, 3.8) is 0 Å². The number of hydrogen-bond donors (Lipinski definition) is 1. The minimum absolute atomic E-state index is 0.109. The minimum Gasteiger partial charge on any atom is -0.383 e. The lowest BCUT2D eigenvalue weighted by molar-refractivity contribution is 0.122. The van der Waals surface area contributed by atoms with Crippen LogP contribution in [0.5, 0.6) is 0 Å². The van der Waals surface area contributed by atoms with E-state index in [1.54, 1.807) is 19.1 Å². The highest BCUT2D eigenvalue weighted by atomic mass is 79.9. The Morgan fingerprint density at radius 1 is 1.15 bits per heavy atom. The predicted molar refractivity (Wildman–Crippen MR) is 81.7 cm³/mol. The smallest absolute Gasteiger partial charge is 0.317 e. The average Bonchev–Trinajstić information content (AvgIpc) is 2.46. The lowest BCUT2D eigenvalue weighted by atomic mass is 10.2. The number of benzene rings is 1. The molecule has 112 valence electrons. The summed E-state index contributed by atoms with van der Waals surface area (Å²) >= 11 is 3.38. The van der Waals surface area contributed by atoms with Crippen LogP contribution in [0.1, 0.15) is 5.56 Å². The molecule has 0 heterocycles. The molecule has 0 unspecified atom stereocenters. The number of carbonyl (C=O) groups is 1. The summed E-state index contributed by atoms with van der Waals surface area (Å²) in [5.74, 6) is 0. The standard InChI is InChI=1S/C14H21BrN2O3/c1-19-9-7-17(8-10-20-2)14(18)16-11-12-3-5-13(15)6-4-12/h3-6H,7-11H2,1-2H3,(H,16,18). The average molecular weight is 345 g/mol. The van der Waals surface area contributed by atoms with Gasteiger partial charge in [0.05, 0.1) is 13.2 Å². The first kappa shape index (κ1) is 16.9. The van der Waals surface area contributed by atoms with Crippen molar-refractivity contribution >= 4 is 22.0 Å². The predicted octanol–water partition coefficient (Wildman–Crippen LogP) is 2.25. The largest absolute Gasteiger partial charge is 0.383 e. The van der Waals surface area contributed by atoms with Gasteiger partial charge in [-0.15, -0.1) is 0 Å². The molecule has 0 spiro atoms. The monoisotopic (exact) mass is 344 g/mol. The van der Waals surface area contributed by atoms with E-state index in [4.69, 9.17) is 9.47 Å². The quantitative estimate of drug-likeness (QED) is 0.786. The summed E-state index contributed by atoms with van der Waals surface area (Å²) in [4.78, 5) is 13.8. The topological polar surface area (TPSA) is 50.8 Å². The molecule has 0 aliphatic rings. The maximum Gasteiger partial charge on any atom is 0.317 e. The van der Waals surface area contributed by atoms with Gasteiger partial charge in [-0.05, 0) is 17.7 Å². The number of halogens is 1. The molecule has 1 rings (SSSR count). The third kappa shape index (κ3) is 6.36. The van der Waals surface area contributed by atoms with E-state index in [9.17, 15) is 4.79 Å². The van der Waals surface area contributed by atoms with Crippen molar-refractivity contribution in [2.24, 2.45) is 0 Å². The van der Waals surface area contributed by atoms with Crippen LogP contribution in [0.15, 0.2) is 28.7 Å². The lowest BCUT2D eigenvalue weighted by Gasteiger charge is -2.22. The molecule has 1 aromatic carbocycles. The molecule has 0 fully saturated rings. The minimum atomic E-state index is -0.109. The second-order valence-corrected chi connectivity index (χ2v) is 5.17. The van der Waals surface area contributed by atoms with Crippen molar-refractivity contribution in [2.75, 3.05) is 40.5 Å². The number of carbonyl (C=O) groups excluding carboxylic acids is 1. The number of rotatable bonds is 8. The first-order valence-electron chi connectivity index (χ1n) is 6.42. The number of nitrogens with one attached hydrogen (secondary N) is 1. The van der Waals surface area contributed by atoms with Crippen LogP contribution in [0.25, 0.3) is 0 Å². The van der Waals surface area contributed by atoms with Crippen molar-refractivity contribution < 1.29 is 14.3 Å². The summed E-state index contributed by atoms with van der Waals surface area (Å²) in [5, 5.41) is 2.90. The van der Waals surface area contributed by atoms with Gasteiger partial charge in [-0.3, -0.25) is 0 Å². The Bertz CT molecular complexity index is 390. The molecule has 5 nitrogen and oxygen atoms in total. The van der Waals surface area contributed by atoms with Gasteiger partial charge in [0.1, 0.15) is 0 Å². The van der Waals surface area contributed by atoms with Gasteiger partial charge >= 0.3 is 6.03 Å². The summed E-state index contributed by atoms with van der Waals surface area (Å²) < 4.78 is 11.0. The Balaban J connectivity index is 2.45. The van der Waals surface area contributed by atoms with Gasteiger partial charge in [0.2, 0.25) is 0 Å². The van der Waals surface area contributed by atoms with Gasteiger partial charge < -0.3 is 19.7 Å². The van der Waals surface area contributed by atoms with Crippen LogP contribution in [0.4, 0.5) is 4.79 Å². The maximum absolute atomic E-state index is 12.1. The molecule has 0 aliphatic heterocycles. The van der Waals surface area contributed by atoms with Gasteiger partial charge in [-0.1, -0.05) is 28.1 Å². The van der Waals surface area contributed by atoms with Crippen LogP contribution in [-0.2, 0) is 16.0 Å². The van der Waals surface area contributed by atoms with Crippen LogP contribution >= 0.6 is 15.9 Å². The van der Waals surface area contributed by atoms with E-state index < -0.39 is 0 Å². The van der Waals surface area contributed by atoms with Crippen molar-refractivity contribution in [2.45, 2.75) is 6.54 Å².